The fourth-order valence-corrected chi connectivity index (χ4v) is 19.0. The zero-order valence-electron chi connectivity index (χ0n) is 59.5. The van der Waals surface area contributed by atoms with Crippen molar-refractivity contribution in [1.82, 2.24) is 15.0 Å². The zero-order chi connectivity index (χ0) is 74.1. The number of aliphatic hydroxyl groups excluding tert-OH is 3. The molecule has 13 rings (SSSR count). The molecule has 3 aliphatic heterocycles. The van der Waals surface area contributed by atoms with Crippen molar-refractivity contribution in [3.63, 3.8) is 0 Å². The number of rotatable bonds is 26. The van der Waals surface area contributed by atoms with E-state index in [4.69, 9.17) is 49.0 Å². The number of hydrogen-bond acceptors (Lipinski definition) is 17. The number of anilines is 3. The lowest BCUT2D eigenvalue weighted by molar-refractivity contribution is 0.216. The van der Waals surface area contributed by atoms with Crippen LogP contribution in [0.4, 0.5) is 17.1 Å². The predicted molar refractivity (Wildman–Crippen MR) is 435 cm³/mol. The molecule has 22 heteroatoms. The fourth-order valence-electron chi connectivity index (χ4n) is 12.8. The topological polar surface area (TPSA) is 171 Å². The van der Waals surface area contributed by atoms with Crippen LogP contribution in [0, 0.1) is 0 Å². The van der Waals surface area contributed by atoms with Gasteiger partial charge in [-0.1, -0.05) is 185 Å². The number of aliphatic hydroxyl groups is 3. The highest BCUT2D eigenvalue weighted by molar-refractivity contribution is 9.10. The molecule has 0 amide bonds. The lowest BCUT2D eigenvalue weighted by atomic mass is 10.1. The second-order valence-corrected chi connectivity index (χ2v) is 32.6. The average Bonchev–Trinajstić information content (AvgIpc) is 1.41. The summed E-state index contributed by atoms with van der Waals surface area (Å²) in [4.78, 5) is 25.2. The number of ether oxygens (including phenoxy) is 3. The summed E-state index contributed by atoms with van der Waals surface area (Å²) in [5.74, 6) is 1.40. The van der Waals surface area contributed by atoms with Gasteiger partial charge in [-0.3, -0.25) is 0 Å². The molecule has 7 aromatic carbocycles. The van der Waals surface area contributed by atoms with Gasteiger partial charge in [0.15, 0.2) is 0 Å². The van der Waals surface area contributed by atoms with Crippen molar-refractivity contribution in [2.75, 3.05) is 73.8 Å². The highest BCUT2D eigenvalue weighted by Crippen LogP contribution is 2.42. The van der Waals surface area contributed by atoms with E-state index in [1.807, 2.05) is 52.8 Å². The van der Waals surface area contributed by atoms with Crippen LogP contribution in [0.1, 0.15) is 85.9 Å². The third-order valence-electron chi connectivity index (χ3n) is 18.2. The molecule has 3 N–H and O–H groups in total. The van der Waals surface area contributed by atoms with E-state index in [9.17, 15) is 23.7 Å². The second-order valence-electron chi connectivity index (χ2n) is 25.2. The summed E-state index contributed by atoms with van der Waals surface area (Å²) in [6, 6.07) is 61.6. The molecular weight excluding hydrogens is 1520 g/mol. The molecule has 0 radical (unpaired) electrons. The molecular formula is C83H90BrCl3N6O8S4. The van der Waals surface area contributed by atoms with E-state index in [0.29, 0.717) is 69.8 Å². The van der Waals surface area contributed by atoms with Crippen LogP contribution in [0.15, 0.2) is 240 Å². The Balaban J connectivity index is 0.000000154. The van der Waals surface area contributed by atoms with Crippen molar-refractivity contribution < 1.29 is 37.9 Å². The van der Waals surface area contributed by atoms with Crippen LogP contribution in [-0.2, 0) is 54.8 Å². The molecule has 10 aromatic rings. The molecule has 105 heavy (non-hydrogen) atoms. The zero-order valence-corrected chi connectivity index (χ0v) is 66.6. The van der Waals surface area contributed by atoms with Gasteiger partial charge in [-0.05, 0) is 199 Å². The first-order valence-electron chi connectivity index (χ1n) is 35.7. The molecule has 3 aromatic heterocycles. The number of benzene rings is 7. The third-order valence-corrected chi connectivity index (χ3v) is 25.1. The summed E-state index contributed by atoms with van der Waals surface area (Å²) in [6.45, 7) is 13.5. The van der Waals surface area contributed by atoms with Crippen molar-refractivity contribution in [2.24, 2.45) is 0 Å². The van der Waals surface area contributed by atoms with Gasteiger partial charge in [-0.15, -0.1) is 0 Å². The van der Waals surface area contributed by atoms with Gasteiger partial charge in [0, 0.05) is 118 Å². The van der Waals surface area contributed by atoms with Gasteiger partial charge in [-0.2, -0.15) is 0 Å². The molecule has 0 unspecified atom stereocenters. The average molecular weight is 1610 g/mol. The maximum Gasteiger partial charge on any atom is 0.232 e. The summed E-state index contributed by atoms with van der Waals surface area (Å²) in [5.41, 5.74) is 11.3. The van der Waals surface area contributed by atoms with Crippen molar-refractivity contribution in [1.29, 1.82) is 0 Å². The molecule has 3 saturated heterocycles. The molecule has 0 bridgehead atoms. The van der Waals surface area contributed by atoms with Crippen LogP contribution in [-0.4, -0.2) is 116 Å². The summed E-state index contributed by atoms with van der Waals surface area (Å²) < 4.78 is 45.7. The largest absolute Gasteiger partial charge is 0.471 e. The van der Waals surface area contributed by atoms with Crippen LogP contribution in [0.5, 0.6) is 17.6 Å². The van der Waals surface area contributed by atoms with Crippen LogP contribution >= 0.6 is 84.1 Å². The van der Waals surface area contributed by atoms with E-state index in [1.165, 1.54) is 42.0 Å². The molecule has 0 saturated carbocycles. The maximum atomic E-state index is 13.4. The first-order valence-corrected chi connectivity index (χ1v) is 42.0. The number of aromatic nitrogens is 3. The Morgan fingerprint density at radius 2 is 0.810 bits per heavy atom. The first-order chi connectivity index (χ1) is 51.1. The Hall–Kier alpha value is -6.98. The SMILES string of the molecule is CCc1ccccc1S(=O)(=O)c1ccc(N2CC[C@H](Oc3ncccc3Cl)C2)c(CCO)c1.CCc1ccccc1SSc1ccccc1CC.CCc1ccccc1Sc1ccc(N2CC[C@H](Oc3ncccc3Cl)C2)c(CCO)c1.OCCc1cc(Br)ccc1N1CC[C@H](Oc2ncccc2Cl)C1. The lowest BCUT2D eigenvalue weighted by Gasteiger charge is -2.23. The summed E-state index contributed by atoms with van der Waals surface area (Å²) in [5, 5.41) is 30.1. The van der Waals surface area contributed by atoms with Gasteiger partial charge >= 0.3 is 0 Å². The van der Waals surface area contributed by atoms with Gasteiger partial charge in [0.25, 0.3) is 0 Å². The molecule has 552 valence electrons. The summed E-state index contributed by atoms with van der Waals surface area (Å²) in [6.07, 6.45) is 13.1. The molecule has 6 heterocycles. The van der Waals surface area contributed by atoms with E-state index in [0.717, 1.165) is 109 Å². The van der Waals surface area contributed by atoms with Crippen molar-refractivity contribution in [3.05, 3.63) is 265 Å². The van der Waals surface area contributed by atoms with Crippen LogP contribution in [0.25, 0.3) is 0 Å². The van der Waals surface area contributed by atoms with E-state index in [2.05, 4.69) is 169 Å². The highest BCUT2D eigenvalue weighted by atomic mass is 79.9. The number of sulfone groups is 1. The number of halogens is 4. The quantitative estimate of drug-likeness (QED) is 0.0437. The van der Waals surface area contributed by atoms with Crippen molar-refractivity contribution in [3.8, 4) is 17.6 Å². The van der Waals surface area contributed by atoms with Crippen LogP contribution < -0.4 is 28.9 Å². The number of pyridine rings is 3. The maximum absolute atomic E-state index is 13.4. The molecule has 3 aliphatic rings. The monoisotopic (exact) mass is 1610 g/mol. The van der Waals surface area contributed by atoms with Crippen molar-refractivity contribution in [2.45, 2.75) is 140 Å². The Kier molecular flexibility index (Phi) is 31.3. The highest BCUT2D eigenvalue weighted by Gasteiger charge is 2.31. The molecule has 3 fully saturated rings. The van der Waals surface area contributed by atoms with E-state index >= 15 is 0 Å². The van der Waals surface area contributed by atoms with Gasteiger partial charge in [0.1, 0.15) is 33.4 Å². The third kappa shape index (κ3) is 22.3. The lowest BCUT2D eigenvalue weighted by Crippen LogP contribution is -2.26. The van der Waals surface area contributed by atoms with Gasteiger partial charge < -0.3 is 44.2 Å². The van der Waals surface area contributed by atoms with E-state index < -0.39 is 9.84 Å². The molecule has 0 aliphatic carbocycles. The Labute approximate surface area is 654 Å². The van der Waals surface area contributed by atoms with Crippen LogP contribution in [0.3, 0.4) is 0 Å². The molecule has 14 nitrogen and oxygen atoms in total. The molecule has 3 atom stereocenters. The van der Waals surface area contributed by atoms with E-state index in [-0.39, 0.29) is 43.0 Å². The fraction of sp³-hybridized carbons (Fsp3) is 0.313. The Morgan fingerprint density at radius 3 is 1.24 bits per heavy atom. The Bertz CT molecular complexity index is 4520. The normalized spacial score (nSPS) is 15.5. The molecule has 0 spiro atoms. The number of hydrogen-bond donors (Lipinski definition) is 3. The smallest absolute Gasteiger partial charge is 0.232 e. The minimum atomic E-state index is -3.67. The minimum absolute atomic E-state index is 0.0415. The summed E-state index contributed by atoms with van der Waals surface area (Å²) in [7, 11) is 0.0750. The first kappa shape index (κ1) is 80.6. The second kappa shape index (κ2) is 40.8. The summed E-state index contributed by atoms with van der Waals surface area (Å²) >= 11 is 23.7. The van der Waals surface area contributed by atoms with Gasteiger partial charge in [-0.25, -0.2) is 23.4 Å². The van der Waals surface area contributed by atoms with Gasteiger partial charge in [0.05, 0.1) is 29.4 Å². The van der Waals surface area contributed by atoms with Gasteiger partial charge in [0.2, 0.25) is 27.5 Å². The van der Waals surface area contributed by atoms with Crippen molar-refractivity contribution >= 4 is 111 Å². The number of nitrogens with zero attached hydrogens (tertiary/aromatic N) is 6. The Morgan fingerprint density at radius 1 is 0.438 bits per heavy atom. The predicted octanol–water partition coefficient (Wildman–Crippen LogP) is 19.3. The number of aryl methyl sites for hydroxylation is 4. The standard InChI is InChI=1S/C25H27ClN2O4S.C25H27ClN2O2S.C17H18BrClN2O2.C16H18S2/c1-2-18-6-3-4-8-24(18)33(30,31)21-9-10-23(19(16-21)12-15-29)28-14-11-20(17-28)32-25-22(26)7-5-13-27-25;1-2-18-6-3-4-8-24(18)31-21-9-10-23(19(16-21)12-15-29)28-14-11-20(17-28)30-25-22(26)7-5-13-27-25;18-13-3-4-16(12(10-13)6-9-22)21-8-5-14(11-21)23-17-15(19)2-1-7-20-17;1-3-13-9-5-7-11-15(13)17-18-16-12-8-6-10-14(16)4-2/h3-10,13,16,20,29H,2,11-12,14-15,17H2,1H3;3-10,13,16,20,29H,2,11-12,14-15,17H2,1H3;1-4,7,10,14,22H,5-6,8-9,11H2;5-12H,3-4H2,1-2H3/t2*20-;14-;/m000./s1. The van der Waals surface area contributed by atoms with Crippen LogP contribution in [0.2, 0.25) is 15.1 Å². The van der Waals surface area contributed by atoms with E-state index in [1.54, 1.807) is 91.0 Å². The minimum Gasteiger partial charge on any atom is -0.471 e.